The predicted molar refractivity (Wildman–Crippen MR) is 108 cm³/mol. The second-order valence-electron chi connectivity index (χ2n) is 6.87. The summed E-state index contributed by atoms with van der Waals surface area (Å²) in [6.07, 6.45) is 8.80. The van der Waals surface area contributed by atoms with Gasteiger partial charge in [-0.15, -0.1) is 0 Å². The topological polar surface area (TPSA) is 94.7 Å². The quantitative estimate of drug-likeness (QED) is 0.474. The van der Waals surface area contributed by atoms with Crippen molar-refractivity contribution in [2.24, 2.45) is 0 Å². The van der Waals surface area contributed by atoms with Gasteiger partial charge in [-0.1, -0.05) is 6.58 Å². The van der Waals surface area contributed by atoms with Gasteiger partial charge in [0.2, 0.25) is 17.7 Å². The van der Waals surface area contributed by atoms with Gasteiger partial charge in [0.15, 0.2) is 5.52 Å². The van der Waals surface area contributed by atoms with Gasteiger partial charge >= 0.3 is 0 Å². The molecule has 0 radical (unpaired) electrons. The Kier molecular flexibility index (Phi) is 4.47. The van der Waals surface area contributed by atoms with Crippen LogP contribution in [0.25, 0.3) is 16.7 Å². The molecule has 1 aliphatic rings. The van der Waals surface area contributed by atoms with Gasteiger partial charge in [-0.25, -0.2) is 15.0 Å². The van der Waals surface area contributed by atoms with Crippen LogP contribution in [0.5, 0.6) is 17.5 Å². The highest BCUT2D eigenvalue weighted by molar-refractivity contribution is 5.87. The highest BCUT2D eigenvalue weighted by Gasteiger charge is 2.26. The van der Waals surface area contributed by atoms with Crippen LogP contribution >= 0.6 is 0 Å². The highest BCUT2D eigenvalue weighted by Crippen LogP contribution is 2.28. The standard InChI is InChI=1S/C21H18N6O3/c1-2-19(28)27-9-6-15(12-27)29-18-4-3-16-20(25-18)21(24-13-23-16)30-14-5-8-26-10-7-22-17(26)11-14/h2-5,7-8,10-11,13,15H,1,6,9,12H2. The van der Waals surface area contributed by atoms with Gasteiger partial charge in [0.1, 0.15) is 23.8 Å². The van der Waals surface area contributed by atoms with Crippen molar-refractivity contribution in [1.29, 1.82) is 0 Å². The Balaban J connectivity index is 1.39. The molecule has 0 aromatic carbocycles. The predicted octanol–water partition coefficient (Wildman–Crippen LogP) is 2.63. The Hall–Kier alpha value is -4.01. The Labute approximate surface area is 171 Å². The molecule has 5 rings (SSSR count). The molecule has 1 fully saturated rings. The molecule has 5 heterocycles. The second-order valence-corrected chi connectivity index (χ2v) is 6.87. The third-order valence-corrected chi connectivity index (χ3v) is 4.93. The molecule has 0 saturated carbocycles. The minimum atomic E-state index is -0.129. The number of aromatic nitrogens is 5. The largest absolute Gasteiger partial charge is 0.472 e. The fraction of sp³-hybridized carbons (Fsp3) is 0.190. The molecule has 4 aromatic heterocycles. The number of amides is 1. The molecule has 9 nitrogen and oxygen atoms in total. The Morgan fingerprint density at radius 2 is 2.13 bits per heavy atom. The van der Waals surface area contributed by atoms with Crippen LogP contribution in [0.1, 0.15) is 6.42 Å². The van der Waals surface area contributed by atoms with Crippen LogP contribution in [0, 0.1) is 0 Å². The van der Waals surface area contributed by atoms with Crippen LogP contribution in [0.15, 0.2) is 61.8 Å². The summed E-state index contributed by atoms with van der Waals surface area (Å²) in [4.78, 5) is 30.8. The van der Waals surface area contributed by atoms with Gasteiger partial charge in [0, 0.05) is 43.7 Å². The summed E-state index contributed by atoms with van der Waals surface area (Å²) in [6, 6.07) is 7.21. The summed E-state index contributed by atoms with van der Waals surface area (Å²) >= 11 is 0. The Morgan fingerprint density at radius 3 is 3.03 bits per heavy atom. The van der Waals surface area contributed by atoms with Crippen molar-refractivity contribution < 1.29 is 14.3 Å². The molecule has 1 atom stereocenters. The number of ether oxygens (including phenoxy) is 2. The first-order valence-electron chi connectivity index (χ1n) is 9.50. The van der Waals surface area contributed by atoms with Crippen LogP contribution in [0.2, 0.25) is 0 Å². The average molecular weight is 402 g/mol. The second kappa shape index (κ2) is 7.43. The summed E-state index contributed by atoms with van der Waals surface area (Å²) in [5, 5.41) is 0. The maximum absolute atomic E-state index is 11.8. The summed E-state index contributed by atoms with van der Waals surface area (Å²) in [5.74, 6) is 1.27. The number of carbonyl (C=O) groups excluding carboxylic acids is 1. The molecule has 150 valence electrons. The molecule has 4 aromatic rings. The molecule has 1 saturated heterocycles. The van der Waals surface area contributed by atoms with E-state index in [4.69, 9.17) is 9.47 Å². The number of fused-ring (bicyclic) bond motifs is 2. The average Bonchev–Trinajstić information content (AvgIpc) is 3.43. The van der Waals surface area contributed by atoms with Crippen molar-refractivity contribution in [1.82, 2.24) is 29.2 Å². The first-order chi connectivity index (χ1) is 14.7. The molecular weight excluding hydrogens is 384 g/mol. The van der Waals surface area contributed by atoms with E-state index in [0.29, 0.717) is 41.6 Å². The molecule has 30 heavy (non-hydrogen) atoms. The lowest BCUT2D eigenvalue weighted by atomic mass is 10.3. The maximum atomic E-state index is 11.8. The minimum absolute atomic E-state index is 0.0916. The Morgan fingerprint density at radius 1 is 1.20 bits per heavy atom. The lowest BCUT2D eigenvalue weighted by Gasteiger charge is -2.15. The van der Waals surface area contributed by atoms with Crippen LogP contribution in [0.4, 0.5) is 0 Å². The monoisotopic (exact) mass is 402 g/mol. The molecule has 1 amide bonds. The van der Waals surface area contributed by atoms with E-state index in [1.807, 2.05) is 35.0 Å². The van der Waals surface area contributed by atoms with E-state index in [2.05, 4.69) is 26.5 Å². The first kappa shape index (κ1) is 18.0. The Bertz CT molecular complexity index is 1250. The number of carbonyl (C=O) groups is 1. The fourth-order valence-corrected chi connectivity index (χ4v) is 3.43. The van der Waals surface area contributed by atoms with E-state index in [-0.39, 0.29) is 12.0 Å². The SMILES string of the molecule is C=CC(=O)N1CCC(Oc2ccc3ncnc(Oc4ccn5ccnc5c4)c3n2)C1. The highest BCUT2D eigenvalue weighted by atomic mass is 16.5. The molecule has 0 spiro atoms. The van der Waals surface area contributed by atoms with Gasteiger partial charge in [-0.2, -0.15) is 4.98 Å². The van der Waals surface area contributed by atoms with Crippen molar-refractivity contribution in [3.63, 3.8) is 0 Å². The summed E-state index contributed by atoms with van der Waals surface area (Å²) < 4.78 is 13.9. The van der Waals surface area contributed by atoms with Crippen LogP contribution in [-0.2, 0) is 4.79 Å². The third kappa shape index (κ3) is 3.41. The molecule has 9 heteroatoms. The van der Waals surface area contributed by atoms with Crippen LogP contribution < -0.4 is 9.47 Å². The van der Waals surface area contributed by atoms with Gasteiger partial charge < -0.3 is 18.8 Å². The van der Waals surface area contributed by atoms with Crippen molar-refractivity contribution >= 4 is 22.6 Å². The van der Waals surface area contributed by atoms with Gasteiger partial charge in [0.05, 0.1) is 12.1 Å². The zero-order chi connectivity index (χ0) is 20.5. The van der Waals surface area contributed by atoms with E-state index in [9.17, 15) is 4.79 Å². The minimum Gasteiger partial charge on any atom is -0.472 e. The van der Waals surface area contributed by atoms with Crippen LogP contribution in [-0.4, -0.2) is 54.3 Å². The number of imidazole rings is 1. The first-order valence-corrected chi connectivity index (χ1v) is 9.50. The van der Waals surface area contributed by atoms with Crippen LogP contribution in [0.3, 0.4) is 0 Å². The molecule has 1 aliphatic heterocycles. The normalized spacial score (nSPS) is 16.1. The molecule has 0 bridgehead atoms. The van der Waals surface area contributed by atoms with Gasteiger partial charge in [0.25, 0.3) is 0 Å². The van der Waals surface area contributed by atoms with Crippen molar-refractivity contribution in [3.8, 4) is 17.5 Å². The molecule has 1 unspecified atom stereocenters. The molecule has 0 aliphatic carbocycles. The number of rotatable bonds is 5. The van der Waals surface area contributed by atoms with Crippen molar-refractivity contribution in [3.05, 3.63) is 61.8 Å². The summed E-state index contributed by atoms with van der Waals surface area (Å²) in [5.41, 5.74) is 1.90. The van der Waals surface area contributed by atoms with E-state index in [1.54, 1.807) is 17.2 Å². The van der Waals surface area contributed by atoms with E-state index >= 15 is 0 Å². The lowest BCUT2D eigenvalue weighted by molar-refractivity contribution is -0.125. The zero-order valence-corrected chi connectivity index (χ0v) is 16.0. The summed E-state index contributed by atoms with van der Waals surface area (Å²) in [7, 11) is 0. The molecule has 0 N–H and O–H groups in total. The smallest absolute Gasteiger partial charge is 0.249 e. The third-order valence-electron chi connectivity index (χ3n) is 4.93. The van der Waals surface area contributed by atoms with E-state index < -0.39 is 0 Å². The van der Waals surface area contributed by atoms with E-state index in [1.165, 1.54) is 12.4 Å². The fourth-order valence-electron chi connectivity index (χ4n) is 3.43. The number of nitrogens with zero attached hydrogens (tertiary/aromatic N) is 6. The van der Waals surface area contributed by atoms with Gasteiger partial charge in [-0.05, 0) is 18.2 Å². The maximum Gasteiger partial charge on any atom is 0.249 e. The van der Waals surface area contributed by atoms with Crippen molar-refractivity contribution in [2.45, 2.75) is 12.5 Å². The summed E-state index contributed by atoms with van der Waals surface area (Å²) in [6.45, 7) is 4.67. The van der Waals surface area contributed by atoms with E-state index in [0.717, 1.165) is 12.1 Å². The molecular formula is C21H18N6O3. The number of pyridine rings is 2. The van der Waals surface area contributed by atoms with Gasteiger partial charge in [-0.3, -0.25) is 4.79 Å². The lowest BCUT2D eigenvalue weighted by Crippen LogP contribution is -2.29. The zero-order valence-electron chi connectivity index (χ0n) is 16.0. The number of hydrogen-bond acceptors (Lipinski definition) is 7. The van der Waals surface area contributed by atoms with Crippen molar-refractivity contribution in [2.75, 3.05) is 13.1 Å². The number of hydrogen-bond donors (Lipinski definition) is 0. The number of likely N-dealkylation sites (tertiary alicyclic amines) is 1.